The molecule has 0 N–H and O–H groups in total. The summed E-state index contributed by atoms with van der Waals surface area (Å²) in [6.45, 7) is -0.487. The Morgan fingerprint density at radius 2 is 1.79 bits per heavy atom. The molecule has 1 amide bonds. The number of rotatable bonds is 5. The molecule has 1 fully saturated rings. The summed E-state index contributed by atoms with van der Waals surface area (Å²) < 4.78 is 81.4. The van der Waals surface area contributed by atoms with Crippen molar-refractivity contribution in [1.29, 1.82) is 0 Å². The number of hydrogen-bond donors (Lipinski definition) is 0. The van der Waals surface area contributed by atoms with Gasteiger partial charge in [0.1, 0.15) is 5.41 Å². The van der Waals surface area contributed by atoms with Crippen LogP contribution in [0, 0.1) is 17.8 Å². The first kappa shape index (κ1) is 20.7. The van der Waals surface area contributed by atoms with Crippen LogP contribution >= 0.6 is 0 Å². The molecule has 1 aromatic carbocycles. The molecule has 0 spiro atoms. The molecule has 11 heteroatoms. The highest BCUT2D eigenvalue weighted by Gasteiger charge is 2.69. The van der Waals surface area contributed by atoms with Gasteiger partial charge in [0, 0.05) is 12.1 Å². The minimum Gasteiger partial charge on any atom is -0.329 e. The lowest BCUT2D eigenvalue weighted by Gasteiger charge is -2.27. The van der Waals surface area contributed by atoms with Crippen LogP contribution in [0.15, 0.2) is 28.8 Å². The third-order valence-corrected chi connectivity index (χ3v) is 4.53. The van der Waals surface area contributed by atoms with Gasteiger partial charge in [-0.3, -0.25) is 4.79 Å². The first-order chi connectivity index (χ1) is 13.5. The fraction of sp³-hybridized carbons (Fsp3) is 0.389. The van der Waals surface area contributed by atoms with E-state index < -0.39 is 29.6 Å². The van der Waals surface area contributed by atoms with Crippen LogP contribution in [0.4, 0.5) is 26.3 Å². The Labute approximate surface area is 160 Å². The van der Waals surface area contributed by atoms with E-state index in [-0.39, 0.29) is 37.3 Å². The molecule has 0 aliphatic heterocycles. The van der Waals surface area contributed by atoms with Crippen LogP contribution in [0.25, 0.3) is 11.4 Å². The molecule has 0 saturated heterocycles. The molecular weight excluding hydrogens is 404 g/mol. The van der Waals surface area contributed by atoms with Crippen LogP contribution in [-0.4, -0.2) is 33.7 Å². The van der Waals surface area contributed by atoms with E-state index in [1.54, 1.807) is 0 Å². The van der Waals surface area contributed by atoms with Crippen molar-refractivity contribution in [2.75, 3.05) is 6.54 Å². The number of carbonyl (C=O) groups is 1. The predicted octanol–water partition coefficient (Wildman–Crippen LogP) is 4.06. The second-order valence-corrected chi connectivity index (χ2v) is 6.56. The van der Waals surface area contributed by atoms with Gasteiger partial charge < -0.3 is 9.42 Å². The predicted molar refractivity (Wildman–Crippen MR) is 86.7 cm³/mol. The quantitative estimate of drug-likeness (QED) is 0.544. The maximum absolute atomic E-state index is 13.2. The third kappa shape index (κ3) is 4.06. The Kier molecular flexibility index (Phi) is 5.06. The van der Waals surface area contributed by atoms with Gasteiger partial charge in [-0.15, -0.1) is 6.42 Å². The Morgan fingerprint density at radius 3 is 2.24 bits per heavy atom. The molecule has 3 rings (SSSR count). The summed E-state index contributed by atoms with van der Waals surface area (Å²) in [5, 5.41) is 3.25. The maximum atomic E-state index is 13.2. The number of hydrogen-bond acceptors (Lipinski definition) is 4. The molecule has 1 aromatic heterocycles. The van der Waals surface area contributed by atoms with Gasteiger partial charge in [-0.05, 0) is 18.4 Å². The number of terminal acetylenes is 1. The lowest BCUT2D eigenvalue weighted by atomic mass is 10.0. The van der Waals surface area contributed by atoms with Crippen LogP contribution in [0.5, 0.6) is 0 Å². The Hall–Kier alpha value is -3.03. The van der Waals surface area contributed by atoms with Gasteiger partial charge in [0.15, 0.2) is 0 Å². The number of nitrogens with zero attached hydrogens (tertiary/aromatic N) is 3. The number of carbonyl (C=O) groups excluding carboxylic acids is 1. The zero-order chi connectivity index (χ0) is 21.4. The van der Waals surface area contributed by atoms with Crippen LogP contribution in [-0.2, 0) is 17.5 Å². The third-order valence-electron chi connectivity index (χ3n) is 4.53. The van der Waals surface area contributed by atoms with Gasteiger partial charge in [-0.2, -0.15) is 31.3 Å². The molecule has 0 atom stereocenters. The van der Waals surface area contributed by atoms with Gasteiger partial charge in [0.2, 0.25) is 11.7 Å². The van der Waals surface area contributed by atoms with Crippen molar-refractivity contribution in [1.82, 2.24) is 15.0 Å². The highest BCUT2D eigenvalue weighted by atomic mass is 19.4. The molecule has 29 heavy (non-hydrogen) atoms. The summed E-state index contributed by atoms with van der Waals surface area (Å²) in [6, 6.07) is 5.61. The summed E-state index contributed by atoms with van der Waals surface area (Å²) in [7, 11) is 0. The van der Waals surface area contributed by atoms with E-state index in [4.69, 9.17) is 6.42 Å². The van der Waals surface area contributed by atoms with Gasteiger partial charge in [0.25, 0.3) is 0 Å². The highest BCUT2D eigenvalue weighted by Crippen LogP contribution is 2.58. The zero-order valence-electron chi connectivity index (χ0n) is 14.6. The van der Waals surface area contributed by atoms with Crippen LogP contribution in [0.2, 0.25) is 0 Å². The first-order valence-corrected chi connectivity index (χ1v) is 8.28. The Balaban J connectivity index is 1.76. The molecule has 5 nitrogen and oxygen atoms in total. The van der Waals surface area contributed by atoms with E-state index in [0.29, 0.717) is 5.56 Å². The topological polar surface area (TPSA) is 59.2 Å². The minimum absolute atomic E-state index is 0.179. The van der Waals surface area contributed by atoms with Crippen molar-refractivity contribution in [3.8, 4) is 23.7 Å². The van der Waals surface area contributed by atoms with E-state index in [0.717, 1.165) is 4.90 Å². The van der Waals surface area contributed by atoms with E-state index in [1.807, 2.05) is 0 Å². The summed E-state index contributed by atoms with van der Waals surface area (Å²) in [6.07, 6.45) is -4.82. The molecule has 0 bridgehead atoms. The van der Waals surface area contributed by atoms with Gasteiger partial charge >= 0.3 is 18.2 Å². The maximum Gasteiger partial charge on any atom is 0.471 e. The van der Waals surface area contributed by atoms with Crippen molar-refractivity contribution in [2.45, 2.75) is 31.7 Å². The van der Waals surface area contributed by atoms with Crippen molar-refractivity contribution < 1.29 is 35.7 Å². The number of alkyl halides is 6. The lowest BCUT2D eigenvalue weighted by Crippen LogP contribution is -2.44. The van der Waals surface area contributed by atoms with Crippen molar-refractivity contribution >= 4 is 5.91 Å². The second-order valence-electron chi connectivity index (χ2n) is 6.56. The van der Waals surface area contributed by atoms with E-state index in [1.165, 1.54) is 24.3 Å². The summed E-state index contributed by atoms with van der Waals surface area (Å²) in [4.78, 5) is 16.6. The second kappa shape index (κ2) is 7.09. The molecule has 1 aliphatic carbocycles. The van der Waals surface area contributed by atoms with Crippen LogP contribution in [0.1, 0.15) is 24.3 Å². The van der Waals surface area contributed by atoms with Crippen LogP contribution in [0.3, 0.4) is 0 Å². The number of aromatic nitrogens is 2. The van der Waals surface area contributed by atoms with E-state index >= 15 is 0 Å². The highest BCUT2D eigenvalue weighted by molar-refractivity contribution is 5.86. The average molecular weight is 417 g/mol. The van der Waals surface area contributed by atoms with Gasteiger partial charge in [-0.25, -0.2) is 0 Å². The number of amides is 1. The molecule has 0 radical (unpaired) electrons. The van der Waals surface area contributed by atoms with Crippen molar-refractivity contribution in [3.63, 3.8) is 0 Å². The fourth-order valence-electron chi connectivity index (χ4n) is 2.79. The van der Waals surface area contributed by atoms with E-state index in [2.05, 4.69) is 20.6 Å². The standard InChI is InChI=1S/C18H13F6N3O2/c1-2-9-27(15(28)16(7-8-16)18(22,23)24)10-11-3-5-12(6-4-11)13-25-14(29-26-13)17(19,20)21/h1,3-6H,7-10H2. The Bertz CT molecular complexity index is 936. The fourth-order valence-corrected chi connectivity index (χ4v) is 2.79. The minimum atomic E-state index is -4.78. The number of halogens is 6. The molecule has 1 aliphatic rings. The molecule has 1 saturated carbocycles. The normalized spacial score (nSPS) is 15.6. The summed E-state index contributed by atoms with van der Waals surface area (Å²) in [5.74, 6) is -0.703. The molecule has 1 heterocycles. The Morgan fingerprint density at radius 1 is 1.17 bits per heavy atom. The molecule has 0 unspecified atom stereocenters. The molecule has 2 aromatic rings. The van der Waals surface area contributed by atoms with Gasteiger partial charge in [-0.1, -0.05) is 35.3 Å². The van der Waals surface area contributed by atoms with E-state index in [9.17, 15) is 31.1 Å². The summed E-state index contributed by atoms with van der Waals surface area (Å²) in [5.41, 5.74) is -1.74. The SMILES string of the molecule is C#CCN(Cc1ccc(-c2noc(C(F)(F)F)n2)cc1)C(=O)C1(C(F)(F)F)CC1. The zero-order valence-corrected chi connectivity index (χ0v) is 14.6. The van der Waals surface area contributed by atoms with Crippen molar-refractivity contribution in [3.05, 3.63) is 35.7 Å². The first-order valence-electron chi connectivity index (χ1n) is 8.28. The van der Waals surface area contributed by atoms with Gasteiger partial charge in [0.05, 0.1) is 6.54 Å². The molecular formula is C18H13F6N3O2. The molecule has 154 valence electrons. The summed E-state index contributed by atoms with van der Waals surface area (Å²) >= 11 is 0. The van der Waals surface area contributed by atoms with Crippen LogP contribution < -0.4 is 0 Å². The number of benzene rings is 1. The average Bonchev–Trinajstić information content (AvgIpc) is 3.31. The lowest BCUT2D eigenvalue weighted by molar-refractivity contribution is -0.198. The van der Waals surface area contributed by atoms with Crippen molar-refractivity contribution in [2.24, 2.45) is 5.41 Å². The monoisotopic (exact) mass is 417 g/mol. The smallest absolute Gasteiger partial charge is 0.329 e. The largest absolute Gasteiger partial charge is 0.471 e.